The summed E-state index contributed by atoms with van der Waals surface area (Å²) in [5.41, 5.74) is 7.02. The number of benzene rings is 4. The molecule has 0 atom stereocenters. The topological polar surface area (TPSA) is 20.3 Å². The Morgan fingerprint density at radius 3 is 1.57 bits per heavy atom. The minimum Gasteiger partial charge on any atom is -0.303 e. The molecule has 0 aromatic heterocycles. The molecule has 1 aliphatic rings. The molecule has 1 aliphatic heterocycles. The quantitative estimate of drug-likeness (QED) is 0.289. The van der Waals surface area contributed by atoms with Crippen LogP contribution in [0.25, 0.3) is 5.57 Å². The SMILES string of the molecule is CC(=O)N1c2cc(C(c3ccccc3)(c3ccccc3)c3ccccc3)ccc2C(C)=CC1(C)C. The van der Waals surface area contributed by atoms with Gasteiger partial charge in [0.1, 0.15) is 0 Å². The first-order valence-electron chi connectivity index (χ1n) is 12.2. The van der Waals surface area contributed by atoms with Crippen molar-refractivity contribution in [2.24, 2.45) is 0 Å². The monoisotopic (exact) mass is 457 g/mol. The lowest BCUT2D eigenvalue weighted by molar-refractivity contribution is -0.117. The summed E-state index contributed by atoms with van der Waals surface area (Å²) >= 11 is 0. The van der Waals surface area contributed by atoms with Crippen molar-refractivity contribution < 1.29 is 4.79 Å². The molecule has 174 valence electrons. The van der Waals surface area contributed by atoms with Crippen molar-refractivity contribution in [3.05, 3.63) is 143 Å². The predicted octanol–water partition coefficient (Wildman–Crippen LogP) is 7.62. The number of carbonyl (C=O) groups excluding carboxylic acids is 1. The zero-order valence-corrected chi connectivity index (χ0v) is 20.8. The number of fused-ring (bicyclic) bond motifs is 1. The molecule has 35 heavy (non-hydrogen) atoms. The van der Waals surface area contributed by atoms with Crippen molar-refractivity contribution in [2.75, 3.05) is 4.90 Å². The largest absolute Gasteiger partial charge is 0.303 e. The van der Waals surface area contributed by atoms with Crippen molar-refractivity contribution in [3.63, 3.8) is 0 Å². The molecule has 4 aromatic carbocycles. The summed E-state index contributed by atoms with van der Waals surface area (Å²) in [5, 5.41) is 0. The Labute approximate surface area is 208 Å². The van der Waals surface area contributed by atoms with Gasteiger partial charge < -0.3 is 4.90 Å². The van der Waals surface area contributed by atoms with Gasteiger partial charge in [-0.1, -0.05) is 109 Å². The maximum absolute atomic E-state index is 13.0. The summed E-state index contributed by atoms with van der Waals surface area (Å²) in [6.45, 7) is 8.00. The van der Waals surface area contributed by atoms with Crippen LogP contribution in [0, 0.1) is 0 Å². The van der Waals surface area contributed by atoms with Crippen molar-refractivity contribution in [3.8, 4) is 0 Å². The fourth-order valence-electron chi connectivity index (χ4n) is 5.91. The molecule has 0 bridgehead atoms. The van der Waals surface area contributed by atoms with Gasteiger partial charge in [0.25, 0.3) is 0 Å². The molecule has 2 nitrogen and oxygen atoms in total. The lowest BCUT2D eigenvalue weighted by Crippen LogP contribution is -2.48. The fraction of sp³-hybridized carbons (Fsp3) is 0.182. The molecule has 0 unspecified atom stereocenters. The summed E-state index contributed by atoms with van der Waals surface area (Å²) in [7, 11) is 0. The van der Waals surface area contributed by atoms with E-state index in [9.17, 15) is 4.79 Å². The van der Waals surface area contributed by atoms with E-state index in [4.69, 9.17) is 0 Å². The molecule has 4 aromatic rings. The van der Waals surface area contributed by atoms with Gasteiger partial charge in [-0.25, -0.2) is 0 Å². The van der Waals surface area contributed by atoms with Crippen LogP contribution in [0.1, 0.15) is 55.5 Å². The van der Waals surface area contributed by atoms with Crippen LogP contribution < -0.4 is 4.90 Å². The average Bonchev–Trinajstić information content (AvgIpc) is 2.85. The van der Waals surface area contributed by atoms with Crippen LogP contribution in [0.2, 0.25) is 0 Å². The minimum atomic E-state index is -0.541. The standard InChI is InChI=1S/C33H31NO/c1-24-23-32(3,4)34(25(2)35)31-22-29(20-21-30(24)31)33(26-14-8-5-9-15-26,27-16-10-6-11-17-27)28-18-12-7-13-19-28/h5-23H,1-4H3. The molecular formula is C33H31NO. The van der Waals surface area contributed by atoms with E-state index in [0.29, 0.717) is 0 Å². The normalized spacial score (nSPS) is 14.7. The number of hydrogen-bond donors (Lipinski definition) is 0. The average molecular weight is 458 g/mol. The van der Waals surface area contributed by atoms with Gasteiger partial charge >= 0.3 is 0 Å². The van der Waals surface area contributed by atoms with Gasteiger partial charge in [0.2, 0.25) is 5.91 Å². The van der Waals surface area contributed by atoms with E-state index < -0.39 is 11.0 Å². The van der Waals surface area contributed by atoms with E-state index in [1.54, 1.807) is 6.92 Å². The number of nitrogens with zero attached hydrogens (tertiary/aromatic N) is 1. The van der Waals surface area contributed by atoms with Gasteiger partial charge in [0, 0.05) is 12.5 Å². The predicted molar refractivity (Wildman–Crippen MR) is 146 cm³/mol. The maximum atomic E-state index is 13.0. The van der Waals surface area contributed by atoms with Crippen molar-refractivity contribution in [1.82, 2.24) is 0 Å². The number of rotatable bonds is 4. The molecular weight excluding hydrogens is 426 g/mol. The summed E-state index contributed by atoms with van der Waals surface area (Å²) in [6.07, 6.45) is 2.19. The van der Waals surface area contributed by atoms with Gasteiger partial charge in [-0.2, -0.15) is 0 Å². The molecule has 1 heterocycles. The second-order valence-electron chi connectivity index (χ2n) is 9.92. The second-order valence-corrected chi connectivity index (χ2v) is 9.92. The molecule has 0 fully saturated rings. The Kier molecular flexibility index (Phi) is 5.68. The van der Waals surface area contributed by atoms with Crippen LogP contribution in [-0.4, -0.2) is 11.4 Å². The molecule has 0 saturated heterocycles. The van der Waals surface area contributed by atoms with Crippen LogP contribution in [0.15, 0.2) is 115 Å². The van der Waals surface area contributed by atoms with Crippen LogP contribution in [0.5, 0.6) is 0 Å². The van der Waals surface area contributed by atoms with Crippen LogP contribution in [0.4, 0.5) is 5.69 Å². The molecule has 0 radical (unpaired) electrons. The Balaban J connectivity index is 1.89. The van der Waals surface area contributed by atoms with E-state index in [0.717, 1.165) is 16.8 Å². The van der Waals surface area contributed by atoms with E-state index in [1.165, 1.54) is 22.3 Å². The Morgan fingerprint density at radius 1 is 0.686 bits per heavy atom. The van der Waals surface area contributed by atoms with Gasteiger partial charge in [-0.05, 0) is 54.7 Å². The Morgan fingerprint density at radius 2 is 1.14 bits per heavy atom. The van der Waals surface area contributed by atoms with Crippen molar-refractivity contribution >= 4 is 17.2 Å². The summed E-state index contributed by atoms with van der Waals surface area (Å²) < 4.78 is 0. The number of allylic oxidation sites excluding steroid dienone is 1. The highest BCUT2D eigenvalue weighted by Crippen LogP contribution is 2.48. The van der Waals surface area contributed by atoms with E-state index in [2.05, 4.69) is 136 Å². The Bertz CT molecular complexity index is 1290. The molecule has 0 N–H and O–H groups in total. The lowest BCUT2D eigenvalue weighted by Gasteiger charge is -2.43. The zero-order chi connectivity index (χ0) is 24.6. The third kappa shape index (κ3) is 3.70. The van der Waals surface area contributed by atoms with Crippen LogP contribution in [-0.2, 0) is 10.2 Å². The zero-order valence-electron chi connectivity index (χ0n) is 20.8. The molecule has 0 spiro atoms. The highest BCUT2D eigenvalue weighted by Gasteiger charge is 2.40. The summed E-state index contributed by atoms with van der Waals surface area (Å²) in [5.74, 6) is 0.0434. The minimum absolute atomic E-state index is 0.0434. The Hall–Kier alpha value is -3.91. The maximum Gasteiger partial charge on any atom is 0.224 e. The van der Waals surface area contributed by atoms with Gasteiger partial charge in [0.15, 0.2) is 0 Å². The summed E-state index contributed by atoms with van der Waals surface area (Å²) in [4.78, 5) is 14.9. The van der Waals surface area contributed by atoms with Gasteiger partial charge in [-0.15, -0.1) is 0 Å². The van der Waals surface area contributed by atoms with E-state index >= 15 is 0 Å². The number of amides is 1. The van der Waals surface area contributed by atoms with E-state index in [-0.39, 0.29) is 5.91 Å². The third-order valence-corrected chi connectivity index (χ3v) is 7.18. The second kappa shape index (κ2) is 8.70. The van der Waals surface area contributed by atoms with E-state index in [1.807, 2.05) is 4.90 Å². The van der Waals surface area contributed by atoms with Crippen molar-refractivity contribution in [1.29, 1.82) is 0 Å². The first kappa shape index (κ1) is 22.9. The van der Waals surface area contributed by atoms with Gasteiger partial charge in [-0.3, -0.25) is 4.79 Å². The van der Waals surface area contributed by atoms with Crippen LogP contribution in [0.3, 0.4) is 0 Å². The van der Waals surface area contributed by atoms with Crippen molar-refractivity contribution in [2.45, 2.75) is 38.6 Å². The molecule has 0 aliphatic carbocycles. The highest BCUT2D eigenvalue weighted by molar-refractivity contribution is 5.99. The van der Waals surface area contributed by atoms with Crippen LogP contribution >= 0.6 is 0 Å². The molecule has 0 saturated carbocycles. The number of anilines is 1. The first-order valence-corrected chi connectivity index (χ1v) is 12.2. The number of hydrogen-bond acceptors (Lipinski definition) is 1. The molecule has 5 rings (SSSR count). The summed E-state index contributed by atoms with van der Waals surface area (Å²) in [6, 6.07) is 38.7. The number of carbonyl (C=O) groups is 1. The molecule has 1 amide bonds. The van der Waals surface area contributed by atoms with Gasteiger partial charge in [0.05, 0.1) is 16.6 Å². The third-order valence-electron chi connectivity index (χ3n) is 7.18. The highest BCUT2D eigenvalue weighted by atomic mass is 16.2. The first-order chi connectivity index (χ1) is 16.9. The fourth-order valence-corrected chi connectivity index (χ4v) is 5.91. The smallest absolute Gasteiger partial charge is 0.224 e. The lowest BCUT2D eigenvalue weighted by atomic mass is 9.64. The molecule has 2 heteroatoms.